The molecule has 0 amide bonds. The Balaban J connectivity index is 0.000000325. The molecule has 0 atom stereocenters. The van der Waals surface area contributed by atoms with Gasteiger partial charge in [-0.25, -0.2) is 0 Å². The van der Waals surface area contributed by atoms with Crippen LogP contribution in [0.25, 0.3) is 0 Å². The predicted octanol–water partition coefficient (Wildman–Crippen LogP) is 4.21. The van der Waals surface area contributed by atoms with Crippen LogP contribution in [0, 0.1) is 11.3 Å². The summed E-state index contributed by atoms with van der Waals surface area (Å²) in [5, 5.41) is 9.28. The molecule has 0 fully saturated rings. The molecular weight excluding hydrogens is 255 g/mol. The minimum Gasteiger partial charge on any atom is -0.304 e. The number of rotatable bonds is 3. The molecule has 4 heteroatoms. The average molecular weight is 273 g/mol. The van der Waals surface area contributed by atoms with Crippen molar-refractivity contribution in [3.05, 3.63) is 33.8 Å². The lowest BCUT2D eigenvalue weighted by Gasteiger charge is -2.13. The van der Waals surface area contributed by atoms with Crippen LogP contribution >= 0.6 is 23.2 Å². The average Bonchev–Trinajstić information content (AvgIpc) is 2.32. The number of nitrogens with zero attached hydrogens (tertiary/aromatic N) is 2. The first-order valence-corrected chi connectivity index (χ1v) is 6.42. The lowest BCUT2D eigenvalue weighted by molar-refractivity contribution is 0.321. The fraction of sp³-hybridized carbons (Fsp3) is 0.462. The molecule has 0 aliphatic heterocycles. The van der Waals surface area contributed by atoms with E-state index < -0.39 is 0 Å². The third-order valence-corrected chi connectivity index (χ3v) is 3.05. The van der Waals surface area contributed by atoms with E-state index in [2.05, 4.69) is 25.7 Å². The zero-order valence-corrected chi connectivity index (χ0v) is 12.0. The molecule has 0 radical (unpaired) electrons. The van der Waals surface area contributed by atoms with Crippen LogP contribution in [-0.2, 0) is 0 Å². The van der Waals surface area contributed by atoms with Crippen molar-refractivity contribution in [2.45, 2.75) is 20.8 Å². The van der Waals surface area contributed by atoms with Crippen LogP contribution in [0.2, 0.25) is 10.0 Å². The van der Waals surface area contributed by atoms with E-state index in [1.807, 2.05) is 6.07 Å². The smallest absolute Gasteiger partial charge is 0.102 e. The van der Waals surface area contributed by atoms with E-state index in [1.165, 1.54) is 19.6 Å². The minimum atomic E-state index is 0.339. The van der Waals surface area contributed by atoms with Gasteiger partial charge in [0.2, 0.25) is 0 Å². The topological polar surface area (TPSA) is 27.0 Å². The van der Waals surface area contributed by atoms with Crippen molar-refractivity contribution in [1.29, 1.82) is 5.26 Å². The number of hydrogen-bond donors (Lipinski definition) is 0. The van der Waals surface area contributed by atoms with Gasteiger partial charge >= 0.3 is 0 Å². The van der Waals surface area contributed by atoms with E-state index >= 15 is 0 Å². The lowest BCUT2D eigenvalue weighted by atomic mass is 10.2. The molecule has 0 spiro atoms. The fourth-order valence-corrected chi connectivity index (χ4v) is 1.76. The third-order valence-electron chi connectivity index (χ3n) is 2.42. The molecule has 17 heavy (non-hydrogen) atoms. The summed E-state index contributed by atoms with van der Waals surface area (Å²) in [6, 6.07) is 6.86. The first-order valence-electron chi connectivity index (χ1n) is 5.67. The van der Waals surface area contributed by atoms with Gasteiger partial charge in [-0.2, -0.15) is 5.26 Å². The molecule has 1 rings (SSSR count). The van der Waals surface area contributed by atoms with Gasteiger partial charge in [0.05, 0.1) is 15.6 Å². The summed E-state index contributed by atoms with van der Waals surface area (Å²) in [6.45, 7) is 10.1. The molecule has 0 N–H and O–H groups in total. The first-order chi connectivity index (χ1) is 8.10. The summed E-state index contributed by atoms with van der Waals surface area (Å²) in [4.78, 5) is 2.38. The second-order valence-corrected chi connectivity index (χ2v) is 4.14. The van der Waals surface area contributed by atoms with Crippen LogP contribution in [0.3, 0.4) is 0 Å². The van der Waals surface area contributed by atoms with Crippen LogP contribution in [-0.4, -0.2) is 24.5 Å². The van der Waals surface area contributed by atoms with E-state index in [1.54, 1.807) is 18.2 Å². The van der Waals surface area contributed by atoms with Crippen LogP contribution in [0.15, 0.2) is 18.2 Å². The van der Waals surface area contributed by atoms with Gasteiger partial charge in [-0.1, -0.05) is 50.0 Å². The normalized spacial score (nSPS) is 9.47. The molecule has 1 aromatic carbocycles. The van der Waals surface area contributed by atoms with Gasteiger partial charge in [-0.05, 0) is 31.8 Å². The highest BCUT2D eigenvalue weighted by Crippen LogP contribution is 2.22. The molecule has 0 aromatic heterocycles. The summed E-state index contributed by atoms with van der Waals surface area (Å²) >= 11 is 11.2. The summed E-state index contributed by atoms with van der Waals surface area (Å²) < 4.78 is 0. The second kappa shape index (κ2) is 9.30. The highest BCUT2D eigenvalue weighted by atomic mass is 35.5. The molecule has 0 unspecified atom stereocenters. The Morgan fingerprint density at radius 2 is 1.47 bits per heavy atom. The van der Waals surface area contributed by atoms with Crippen molar-refractivity contribution >= 4 is 23.2 Å². The molecule has 0 bridgehead atoms. The van der Waals surface area contributed by atoms with Crippen molar-refractivity contribution in [2.24, 2.45) is 0 Å². The molecule has 0 saturated carbocycles. The predicted molar refractivity (Wildman–Crippen MR) is 74.6 cm³/mol. The van der Waals surface area contributed by atoms with Crippen LogP contribution in [0.4, 0.5) is 0 Å². The largest absolute Gasteiger partial charge is 0.304 e. The van der Waals surface area contributed by atoms with E-state index in [-0.39, 0.29) is 0 Å². The maximum atomic E-state index is 8.48. The zero-order chi connectivity index (χ0) is 13.3. The van der Waals surface area contributed by atoms with Crippen molar-refractivity contribution in [3.8, 4) is 6.07 Å². The van der Waals surface area contributed by atoms with Gasteiger partial charge in [0, 0.05) is 0 Å². The fourth-order valence-electron chi connectivity index (χ4n) is 1.28. The third kappa shape index (κ3) is 5.93. The van der Waals surface area contributed by atoms with E-state index in [0.29, 0.717) is 15.6 Å². The second-order valence-electron chi connectivity index (χ2n) is 3.33. The molecule has 94 valence electrons. The zero-order valence-electron chi connectivity index (χ0n) is 10.5. The first kappa shape index (κ1) is 16.2. The van der Waals surface area contributed by atoms with Crippen molar-refractivity contribution in [3.63, 3.8) is 0 Å². The number of hydrogen-bond acceptors (Lipinski definition) is 2. The maximum absolute atomic E-state index is 8.48. The quantitative estimate of drug-likeness (QED) is 0.824. The maximum Gasteiger partial charge on any atom is 0.102 e. The molecule has 0 heterocycles. The van der Waals surface area contributed by atoms with Gasteiger partial charge in [-0.3, -0.25) is 0 Å². The molecule has 1 aromatic rings. The Morgan fingerprint density at radius 1 is 1.06 bits per heavy atom. The van der Waals surface area contributed by atoms with Gasteiger partial charge in [0.25, 0.3) is 0 Å². The van der Waals surface area contributed by atoms with Crippen molar-refractivity contribution < 1.29 is 0 Å². The van der Waals surface area contributed by atoms with Crippen molar-refractivity contribution in [1.82, 2.24) is 4.90 Å². The molecule has 0 aliphatic carbocycles. The van der Waals surface area contributed by atoms with E-state index in [0.717, 1.165) is 0 Å². The monoisotopic (exact) mass is 272 g/mol. The van der Waals surface area contributed by atoms with Gasteiger partial charge < -0.3 is 4.90 Å². The Labute approximate surface area is 114 Å². The highest BCUT2D eigenvalue weighted by molar-refractivity contribution is 6.36. The molecule has 0 saturated heterocycles. The Bertz CT molecular complexity index is 342. The lowest BCUT2D eigenvalue weighted by Crippen LogP contribution is -2.21. The summed E-state index contributed by atoms with van der Waals surface area (Å²) in [5.74, 6) is 0. The summed E-state index contributed by atoms with van der Waals surface area (Å²) in [7, 11) is 0. The van der Waals surface area contributed by atoms with Crippen LogP contribution in [0.5, 0.6) is 0 Å². The highest BCUT2D eigenvalue weighted by Gasteiger charge is 2.01. The number of halogens is 2. The van der Waals surface area contributed by atoms with Crippen LogP contribution < -0.4 is 0 Å². The van der Waals surface area contributed by atoms with Gasteiger partial charge in [-0.15, -0.1) is 0 Å². The Morgan fingerprint density at radius 3 is 1.65 bits per heavy atom. The van der Waals surface area contributed by atoms with E-state index in [9.17, 15) is 0 Å². The van der Waals surface area contributed by atoms with Gasteiger partial charge in [0.15, 0.2) is 0 Å². The standard InChI is InChI=1S/C7H3Cl2N.C6H15N/c8-6-2-1-3-7(9)5(6)4-10;1-4-7(5-2)6-3/h1-3H;4-6H2,1-3H3. The number of nitriles is 1. The van der Waals surface area contributed by atoms with Crippen molar-refractivity contribution in [2.75, 3.05) is 19.6 Å². The van der Waals surface area contributed by atoms with E-state index in [4.69, 9.17) is 28.5 Å². The summed E-state index contributed by atoms with van der Waals surface area (Å²) in [6.07, 6.45) is 0. The van der Waals surface area contributed by atoms with Crippen LogP contribution in [0.1, 0.15) is 26.3 Å². The summed E-state index contributed by atoms with van der Waals surface area (Å²) in [5.41, 5.74) is 0.339. The Hall–Kier alpha value is -0.750. The molecule has 2 nitrogen and oxygen atoms in total. The Kier molecular flexibility index (Phi) is 8.89. The van der Waals surface area contributed by atoms with Gasteiger partial charge in [0.1, 0.15) is 6.07 Å². The minimum absolute atomic E-state index is 0.339. The molecular formula is C13H18Cl2N2. The SMILES string of the molecule is CCN(CC)CC.N#Cc1c(Cl)cccc1Cl. The number of benzene rings is 1. The molecule has 0 aliphatic rings.